The van der Waals surface area contributed by atoms with Crippen molar-refractivity contribution in [3.8, 4) is 11.5 Å². The number of ether oxygens (including phenoxy) is 2. The van der Waals surface area contributed by atoms with Crippen LogP contribution in [0.4, 0.5) is 0 Å². The number of benzene rings is 1. The van der Waals surface area contributed by atoms with E-state index in [9.17, 15) is 14.7 Å². The molecule has 2 heterocycles. The Hall–Kier alpha value is -2.28. The van der Waals surface area contributed by atoms with E-state index in [1.54, 1.807) is 0 Å². The summed E-state index contributed by atoms with van der Waals surface area (Å²) < 4.78 is 10.9. The molecule has 1 amide bonds. The molecule has 2 aliphatic rings. The van der Waals surface area contributed by atoms with Gasteiger partial charge in [-0.05, 0) is 37.0 Å². The highest BCUT2D eigenvalue weighted by Crippen LogP contribution is 2.42. The van der Waals surface area contributed by atoms with E-state index in [-0.39, 0.29) is 31.2 Å². The minimum absolute atomic E-state index is 0.114. The van der Waals surface area contributed by atoms with Crippen LogP contribution >= 0.6 is 0 Å². The van der Waals surface area contributed by atoms with Gasteiger partial charge in [-0.25, -0.2) is 0 Å². The lowest BCUT2D eigenvalue weighted by molar-refractivity contribution is -0.143. The number of rotatable bonds is 12. The maximum Gasteiger partial charge on any atom is 0.308 e. The van der Waals surface area contributed by atoms with E-state index in [0.29, 0.717) is 18.0 Å². The van der Waals surface area contributed by atoms with Gasteiger partial charge in [0.1, 0.15) is 0 Å². The zero-order valence-electron chi connectivity index (χ0n) is 19.7. The predicted molar refractivity (Wildman–Crippen MR) is 123 cm³/mol. The van der Waals surface area contributed by atoms with Crippen LogP contribution in [0, 0.1) is 5.92 Å². The van der Waals surface area contributed by atoms with Crippen LogP contribution in [0.5, 0.6) is 11.5 Å². The average Bonchev–Trinajstić information content (AvgIpc) is 3.38. The molecule has 178 valence electrons. The van der Waals surface area contributed by atoms with Gasteiger partial charge in [-0.2, -0.15) is 0 Å². The third kappa shape index (κ3) is 5.55. The highest BCUT2D eigenvalue weighted by molar-refractivity contribution is 5.79. The van der Waals surface area contributed by atoms with Gasteiger partial charge in [-0.15, -0.1) is 0 Å². The van der Waals surface area contributed by atoms with Gasteiger partial charge in [0.05, 0.1) is 12.5 Å². The van der Waals surface area contributed by atoms with Crippen LogP contribution in [0.15, 0.2) is 18.2 Å². The Labute approximate surface area is 191 Å². The summed E-state index contributed by atoms with van der Waals surface area (Å²) in [4.78, 5) is 29.7. The fourth-order valence-corrected chi connectivity index (χ4v) is 4.96. The minimum atomic E-state index is -0.796. The lowest BCUT2D eigenvalue weighted by atomic mass is 9.84. The van der Waals surface area contributed by atoms with Crippen LogP contribution in [-0.4, -0.2) is 65.8 Å². The highest BCUT2D eigenvalue weighted by atomic mass is 16.7. The summed E-state index contributed by atoms with van der Waals surface area (Å²) in [6, 6.07) is 5.55. The van der Waals surface area contributed by atoms with Crippen molar-refractivity contribution >= 4 is 11.9 Å². The molecule has 0 aliphatic carbocycles. The number of carboxylic acid groups (broad SMARTS) is 1. The largest absolute Gasteiger partial charge is 0.481 e. The molecule has 0 radical (unpaired) electrons. The smallest absolute Gasteiger partial charge is 0.308 e. The number of fused-ring (bicyclic) bond motifs is 1. The highest BCUT2D eigenvalue weighted by Gasteiger charge is 2.47. The molecule has 32 heavy (non-hydrogen) atoms. The fraction of sp³-hybridized carbons (Fsp3) is 0.680. The number of carbonyl (C=O) groups excluding carboxylic acids is 1. The second-order valence-corrected chi connectivity index (χ2v) is 8.96. The number of likely N-dealkylation sites (tertiary alicyclic amines) is 1. The summed E-state index contributed by atoms with van der Waals surface area (Å²) in [7, 11) is 0. The van der Waals surface area contributed by atoms with E-state index in [1.165, 1.54) is 0 Å². The first-order valence-electron chi connectivity index (χ1n) is 12.1. The van der Waals surface area contributed by atoms with E-state index in [4.69, 9.17) is 9.47 Å². The second-order valence-electron chi connectivity index (χ2n) is 8.96. The molecule has 0 saturated carbocycles. The number of hydrogen-bond donors (Lipinski definition) is 1. The molecular formula is C25H38N2O5. The summed E-state index contributed by atoms with van der Waals surface area (Å²) in [5.74, 6) is -0.0657. The molecule has 3 rings (SSSR count). The molecule has 0 unspecified atom stereocenters. The number of hydrogen-bond acceptors (Lipinski definition) is 5. The van der Waals surface area contributed by atoms with Crippen LogP contribution in [0.3, 0.4) is 0 Å². The molecule has 0 bridgehead atoms. The first-order valence-corrected chi connectivity index (χ1v) is 12.1. The van der Waals surface area contributed by atoms with Gasteiger partial charge in [0, 0.05) is 31.6 Å². The van der Waals surface area contributed by atoms with Crippen LogP contribution in [0.1, 0.15) is 70.8 Å². The first kappa shape index (κ1) is 24.4. The van der Waals surface area contributed by atoms with Crippen molar-refractivity contribution in [2.45, 2.75) is 71.3 Å². The topological polar surface area (TPSA) is 79.3 Å². The van der Waals surface area contributed by atoms with Crippen molar-refractivity contribution in [3.05, 3.63) is 23.8 Å². The van der Waals surface area contributed by atoms with Crippen LogP contribution in [0.25, 0.3) is 0 Å². The van der Waals surface area contributed by atoms with Gasteiger partial charge in [0.2, 0.25) is 12.7 Å². The molecule has 1 aromatic rings. The van der Waals surface area contributed by atoms with Gasteiger partial charge in [-0.1, -0.05) is 46.1 Å². The van der Waals surface area contributed by atoms with E-state index in [0.717, 1.165) is 57.2 Å². The Bertz CT molecular complexity index is 776. The average molecular weight is 447 g/mol. The fourth-order valence-electron chi connectivity index (χ4n) is 4.96. The van der Waals surface area contributed by atoms with Gasteiger partial charge in [0.25, 0.3) is 0 Å². The van der Waals surface area contributed by atoms with Crippen molar-refractivity contribution in [3.63, 3.8) is 0 Å². The van der Waals surface area contributed by atoms with Gasteiger partial charge >= 0.3 is 5.97 Å². The zero-order valence-corrected chi connectivity index (χ0v) is 19.7. The lowest BCUT2D eigenvalue weighted by Gasteiger charge is -2.29. The van der Waals surface area contributed by atoms with Crippen molar-refractivity contribution < 1.29 is 24.2 Å². The Morgan fingerprint density at radius 3 is 2.38 bits per heavy atom. The summed E-state index contributed by atoms with van der Waals surface area (Å²) in [6.07, 6.45) is 5.71. The Morgan fingerprint density at radius 1 is 1.06 bits per heavy atom. The molecule has 1 N–H and O–H groups in total. The quantitative estimate of drug-likeness (QED) is 0.520. The van der Waals surface area contributed by atoms with Crippen molar-refractivity contribution in [2.24, 2.45) is 5.92 Å². The Balaban J connectivity index is 1.81. The molecular weight excluding hydrogens is 408 g/mol. The minimum Gasteiger partial charge on any atom is -0.481 e. The monoisotopic (exact) mass is 446 g/mol. The van der Waals surface area contributed by atoms with Crippen LogP contribution in [-0.2, 0) is 9.59 Å². The van der Waals surface area contributed by atoms with Crippen LogP contribution < -0.4 is 9.47 Å². The normalized spacial score (nSPS) is 22.3. The zero-order chi connectivity index (χ0) is 23.1. The summed E-state index contributed by atoms with van der Waals surface area (Å²) >= 11 is 0. The molecule has 7 nitrogen and oxygen atoms in total. The number of unbranched alkanes of at least 4 members (excludes halogenated alkanes) is 2. The maximum atomic E-state index is 13.2. The first-order chi connectivity index (χ1) is 15.5. The van der Waals surface area contributed by atoms with Crippen LogP contribution in [0.2, 0.25) is 0 Å². The van der Waals surface area contributed by atoms with Crippen molar-refractivity contribution in [2.75, 3.05) is 33.0 Å². The standard InChI is InChI=1S/C25H38N2O5/c1-4-7-12-26(13-8-5-2)23(28)16-27-15-19(24(25(29)30)20(27)9-6-3)18-10-11-21-22(14-18)32-17-31-21/h10-11,14,19-20,24H,4-9,12-13,15-17H2,1-3H3,(H,29,30)/t19-,20+,24-/m0/s1. The van der Waals surface area contributed by atoms with Gasteiger partial charge in [0.15, 0.2) is 11.5 Å². The number of amides is 1. The SMILES string of the molecule is CCCCN(CCCC)C(=O)CN1C[C@@H](c2ccc3c(c2)OCO3)[C@H](C(=O)O)[C@H]1CCC. The summed E-state index contributed by atoms with van der Waals surface area (Å²) in [5, 5.41) is 10.2. The number of carbonyl (C=O) groups is 2. The molecule has 3 atom stereocenters. The molecule has 7 heteroatoms. The Morgan fingerprint density at radius 2 is 1.75 bits per heavy atom. The molecule has 1 aromatic carbocycles. The predicted octanol–water partition coefficient (Wildman–Crippen LogP) is 4.11. The molecule has 1 fully saturated rings. The maximum absolute atomic E-state index is 13.2. The molecule has 2 aliphatic heterocycles. The van der Waals surface area contributed by atoms with E-state index in [1.807, 2.05) is 23.1 Å². The van der Waals surface area contributed by atoms with E-state index >= 15 is 0 Å². The number of aliphatic carboxylic acids is 1. The van der Waals surface area contributed by atoms with Crippen molar-refractivity contribution in [1.82, 2.24) is 9.80 Å². The third-order valence-corrected chi connectivity index (χ3v) is 6.70. The summed E-state index contributed by atoms with van der Waals surface area (Å²) in [5.41, 5.74) is 0.937. The number of nitrogens with zero attached hydrogens (tertiary/aromatic N) is 2. The second kappa shape index (κ2) is 11.5. The van der Waals surface area contributed by atoms with Gasteiger partial charge < -0.3 is 19.5 Å². The van der Waals surface area contributed by atoms with E-state index < -0.39 is 11.9 Å². The van der Waals surface area contributed by atoms with E-state index in [2.05, 4.69) is 25.7 Å². The molecule has 1 saturated heterocycles. The lowest BCUT2D eigenvalue weighted by Crippen LogP contribution is -2.44. The Kier molecular flexibility index (Phi) is 8.79. The van der Waals surface area contributed by atoms with Gasteiger partial charge in [-0.3, -0.25) is 14.5 Å². The summed E-state index contributed by atoms with van der Waals surface area (Å²) in [6.45, 7) is 8.91. The molecule has 0 spiro atoms. The third-order valence-electron chi connectivity index (χ3n) is 6.70. The molecule has 0 aromatic heterocycles. The number of carboxylic acids is 1. The van der Waals surface area contributed by atoms with Crippen molar-refractivity contribution in [1.29, 1.82) is 0 Å².